The highest BCUT2D eigenvalue weighted by molar-refractivity contribution is 5.99. The highest BCUT2D eigenvalue weighted by Crippen LogP contribution is 2.20. The highest BCUT2D eigenvalue weighted by atomic mass is 35.5. The van der Waals surface area contributed by atoms with E-state index >= 15 is 0 Å². The number of carbonyl (C=O) groups excluding carboxylic acids is 1. The third kappa shape index (κ3) is 2.80. The lowest BCUT2D eigenvalue weighted by atomic mass is 9.89. The van der Waals surface area contributed by atoms with Crippen molar-refractivity contribution in [2.24, 2.45) is 5.41 Å². The van der Waals surface area contributed by atoms with Crippen LogP contribution in [0, 0.1) is 5.41 Å². The number of halogens is 1. The van der Waals surface area contributed by atoms with Gasteiger partial charge in [-0.1, -0.05) is 0 Å². The molecule has 0 aromatic rings. The van der Waals surface area contributed by atoms with Crippen LogP contribution < -0.4 is 5.32 Å². The Morgan fingerprint density at radius 1 is 1.53 bits per heavy atom. The van der Waals surface area contributed by atoms with Gasteiger partial charge in [0, 0.05) is 13.1 Å². The van der Waals surface area contributed by atoms with Gasteiger partial charge in [0.2, 0.25) is 0 Å². The monoisotopic (exact) mass is 239 g/mol. The van der Waals surface area contributed by atoms with Crippen LogP contribution in [0.2, 0.25) is 0 Å². The summed E-state index contributed by atoms with van der Waals surface area (Å²) in [6.07, 6.45) is 0. The molecular weight excluding hydrogens is 226 g/mol. The van der Waals surface area contributed by atoms with Crippen LogP contribution in [0.4, 0.5) is 0 Å². The topological polar surface area (TPSA) is 84.9 Å². The average Bonchev–Trinajstić information content (AvgIpc) is 2.42. The van der Waals surface area contributed by atoms with E-state index in [0.717, 1.165) is 7.11 Å². The molecule has 1 heterocycles. The van der Waals surface area contributed by atoms with E-state index in [4.69, 9.17) is 9.84 Å². The van der Waals surface area contributed by atoms with Crippen molar-refractivity contribution in [1.82, 2.24) is 5.32 Å². The van der Waals surface area contributed by atoms with E-state index in [1.165, 1.54) is 0 Å². The summed E-state index contributed by atoms with van der Waals surface area (Å²) in [5.41, 5.74) is -1.61. The van der Waals surface area contributed by atoms with E-state index in [0.29, 0.717) is 13.2 Å². The van der Waals surface area contributed by atoms with Crippen molar-refractivity contribution in [3.05, 3.63) is 0 Å². The second kappa shape index (κ2) is 5.89. The summed E-state index contributed by atoms with van der Waals surface area (Å²) < 4.78 is 9.52. The molecule has 0 aromatic heterocycles. The predicted molar refractivity (Wildman–Crippen MR) is 53.0 cm³/mol. The molecule has 0 aliphatic carbocycles. The van der Waals surface area contributed by atoms with Crippen molar-refractivity contribution < 1.29 is 24.2 Å². The summed E-state index contributed by atoms with van der Waals surface area (Å²) in [7, 11) is 1.16. The van der Waals surface area contributed by atoms with Gasteiger partial charge >= 0.3 is 11.9 Å². The minimum Gasteiger partial charge on any atom is -0.480 e. The summed E-state index contributed by atoms with van der Waals surface area (Å²) in [5, 5.41) is 11.8. The van der Waals surface area contributed by atoms with Gasteiger partial charge in [-0.15, -0.1) is 12.4 Å². The standard InChI is InChI=1S/C8H13NO5.ClH/c1-13-7(12)8(6(10)11)4-9-2-3-14-5-8;/h9H,2-5H2,1H3,(H,10,11);1H. The molecule has 1 fully saturated rings. The number of hydrogen-bond acceptors (Lipinski definition) is 5. The smallest absolute Gasteiger partial charge is 0.326 e. The van der Waals surface area contributed by atoms with Crippen LogP contribution in [-0.2, 0) is 19.1 Å². The van der Waals surface area contributed by atoms with Crippen molar-refractivity contribution in [2.45, 2.75) is 0 Å². The lowest BCUT2D eigenvalue weighted by molar-refractivity contribution is -0.170. The van der Waals surface area contributed by atoms with E-state index in [1.54, 1.807) is 0 Å². The maximum atomic E-state index is 11.4. The van der Waals surface area contributed by atoms with E-state index in [-0.39, 0.29) is 25.6 Å². The predicted octanol–water partition coefficient (Wildman–Crippen LogP) is -0.728. The second-order valence-electron chi connectivity index (χ2n) is 3.11. The lowest BCUT2D eigenvalue weighted by Gasteiger charge is -2.23. The molecule has 1 rings (SSSR count). The number of hydrogen-bond donors (Lipinski definition) is 2. The fourth-order valence-electron chi connectivity index (χ4n) is 1.29. The van der Waals surface area contributed by atoms with Gasteiger partial charge < -0.3 is 19.9 Å². The third-order valence-corrected chi connectivity index (χ3v) is 2.18. The molecule has 2 N–H and O–H groups in total. The third-order valence-electron chi connectivity index (χ3n) is 2.18. The Morgan fingerprint density at radius 3 is 2.73 bits per heavy atom. The fourth-order valence-corrected chi connectivity index (χ4v) is 1.29. The van der Waals surface area contributed by atoms with Crippen LogP contribution in [0.1, 0.15) is 0 Å². The zero-order chi connectivity index (χ0) is 10.6. The van der Waals surface area contributed by atoms with Gasteiger partial charge in [-0.3, -0.25) is 9.59 Å². The molecule has 0 bridgehead atoms. The number of carbonyl (C=O) groups is 2. The maximum absolute atomic E-state index is 11.4. The van der Waals surface area contributed by atoms with Crippen LogP contribution in [0.25, 0.3) is 0 Å². The molecular formula is C8H14ClNO5. The molecule has 0 saturated carbocycles. The number of carboxylic acid groups (broad SMARTS) is 1. The molecule has 6 nitrogen and oxygen atoms in total. The molecule has 1 saturated heterocycles. The average molecular weight is 240 g/mol. The summed E-state index contributed by atoms with van der Waals surface area (Å²) in [6.45, 7) is 0.815. The zero-order valence-corrected chi connectivity index (χ0v) is 9.13. The van der Waals surface area contributed by atoms with E-state index in [9.17, 15) is 9.59 Å². The van der Waals surface area contributed by atoms with Gasteiger partial charge in [0.15, 0.2) is 5.41 Å². The molecule has 1 unspecified atom stereocenters. The minimum absolute atomic E-state index is 0. The first-order valence-electron chi connectivity index (χ1n) is 4.24. The second-order valence-corrected chi connectivity index (χ2v) is 3.11. The van der Waals surface area contributed by atoms with E-state index in [2.05, 4.69) is 10.1 Å². The molecule has 0 amide bonds. The Kier molecular flexibility index (Phi) is 5.56. The molecule has 7 heteroatoms. The number of nitrogens with one attached hydrogen (secondary N) is 1. The molecule has 0 spiro atoms. The molecule has 88 valence electrons. The van der Waals surface area contributed by atoms with Gasteiger partial charge in [-0.05, 0) is 0 Å². The quantitative estimate of drug-likeness (QED) is 0.488. The highest BCUT2D eigenvalue weighted by Gasteiger charge is 2.48. The molecule has 1 aliphatic rings. The number of ether oxygens (including phenoxy) is 2. The van der Waals surface area contributed by atoms with Crippen molar-refractivity contribution >= 4 is 24.3 Å². The molecule has 0 aromatic carbocycles. The summed E-state index contributed by atoms with van der Waals surface area (Å²) in [5.74, 6) is -2.00. The van der Waals surface area contributed by atoms with Crippen molar-refractivity contribution in [3.63, 3.8) is 0 Å². The number of esters is 1. The first-order chi connectivity index (χ1) is 6.63. The Labute approximate surface area is 93.3 Å². The first-order valence-corrected chi connectivity index (χ1v) is 4.24. The molecule has 0 radical (unpaired) electrons. The van der Waals surface area contributed by atoms with Gasteiger partial charge in [0.1, 0.15) is 0 Å². The fraction of sp³-hybridized carbons (Fsp3) is 0.750. The number of methoxy groups -OCH3 is 1. The van der Waals surface area contributed by atoms with Gasteiger partial charge in [-0.25, -0.2) is 0 Å². The van der Waals surface area contributed by atoms with Crippen LogP contribution >= 0.6 is 12.4 Å². The number of rotatable bonds is 2. The van der Waals surface area contributed by atoms with Crippen LogP contribution in [0.5, 0.6) is 0 Å². The SMILES string of the molecule is COC(=O)C1(C(=O)O)CNCCOC1.Cl. The van der Waals surface area contributed by atoms with Crippen molar-refractivity contribution in [3.8, 4) is 0 Å². The Bertz CT molecular complexity index is 237. The largest absolute Gasteiger partial charge is 0.480 e. The molecule has 15 heavy (non-hydrogen) atoms. The zero-order valence-electron chi connectivity index (χ0n) is 8.32. The Balaban J connectivity index is 0.00000196. The summed E-state index contributed by atoms with van der Waals surface area (Å²) >= 11 is 0. The normalized spacial score (nSPS) is 25.9. The van der Waals surface area contributed by atoms with Gasteiger partial charge in [-0.2, -0.15) is 0 Å². The van der Waals surface area contributed by atoms with E-state index in [1.807, 2.05) is 0 Å². The number of carboxylic acids is 1. The summed E-state index contributed by atoms with van der Waals surface area (Å²) in [4.78, 5) is 22.4. The Morgan fingerprint density at radius 2 is 2.20 bits per heavy atom. The van der Waals surface area contributed by atoms with Gasteiger partial charge in [0.25, 0.3) is 0 Å². The van der Waals surface area contributed by atoms with Crippen LogP contribution in [0.3, 0.4) is 0 Å². The minimum atomic E-state index is -1.61. The maximum Gasteiger partial charge on any atom is 0.326 e. The van der Waals surface area contributed by atoms with Crippen LogP contribution in [0.15, 0.2) is 0 Å². The first kappa shape index (κ1) is 14.2. The molecule has 1 atom stereocenters. The molecule has 1 aliphatic heterocycles. The number of aliphatic carboxylic acids is 1. The van der Waals surface area contributed by atoms with Crippen molar-refractivity contribution in [1.29, 1.82) is 0 Å². The van der Waals surface area contributed by atoms with Crippen molar-refractivity contribution in [2.75, 3.05) is 33.4 Å². The van der Waals surface area contributed by atoms with Gasteiger partial charge in [0.05, 0.1) is 20.3 Å². The van der Waals surface area contributed by atoms with Crippen LogP contribution in [-0.4, -0.2) is 50.5 Å². The Hall–Kier alpha value is -0.850. The van der Waals surface area contributed by atoms with E-state index < -0.39 is 17.4 Å². The summed E-state index contributed by atoms with van der Waals surface area (Å²) in [6, 6.07) is 0. The lowest BCUT2D eigenvalue weighted by Crippen LogP contribution is -2.49.